The van der Waals surface area contributed by atoms with Crippen molar-refractivity contribution in [3.05, 3.63) is 83.6 Å². The van der Waals surface area contributed by atoms with Gasteiger partial charge in [0.2, 0.25) is 0 Å². The van der Waals surface area contributed by atoms with Crippen molar-refractivity contribution in [3.63, 3.8) is 0 Å². The molecule has 0 atom stereocenters. The number of hydrogen-bond acceptors (Lipinski definition) is 0. The third-order valence-electron chi connectivity index (χ3n) is 4.70. The van der Waals surface area contributed by atoms with Crippen molar-refractivity contribution < 1.29 is 0 Å². The lowest BCUT2D eigenvalue weighted by Crippen LogP contribution is -2.01. The summed E-state index contributed by atoms with van der Waals surface area (Å²) in [5.41, 5.74) is 5.42. The van der Waals surface area contributed by atoms with Crippen LogP contribution in [0.4, 0.5) is 0 Å². The smallest absolute Gasteiger partial charge is 0.0494 e. The zero-order chi connectivity index (χ0) is 15.1. The summed E-state index contributed by atoms with van der Waals surface area (Å²) in [7, 11) is 0. The van der Waals surface area contributed by atoms with E-state index >= 15 is 0 Å². The summed E-state index contributed by atoms with van der Waals surface area (Å²) in [6.07, 6.45) is 0. The van der Waals surface area contributed by atoms with Crippen LogP contribution in [-0.2, 0) is 6.54 Å². The molecule has 0 saturated heterocycles. The third kappa shape index (κ3) is 1.93. The Kier molecular flexibility index (Phi) is 3.00. The summed E-state index contributed by atoms with van der Waals surface area (Å²) >= 11 is 0. The van der Waals surface area contributed by atoms with Crippen molar-refractivity contribution >= 4 is 21.7 Å². The van der Waals surface area contributed by atoms with Crippen molar-refractivity contribution in [2.45, 2.75) is 20.4 Å². The van der Waals surface area contributed by atoms with E-state index in [0.29, 0.717) is 0 Å². The number of hydrogen-bond donors (Lipinski definition) is 0. The molecular weight excluding hydrogens is 266 g/mol. The minimum atomic E-state index is 0.926. The highest BCUT2D eigenvalue weighted by molar-refractivity contribution is 6.08. The van der Waals surface area contributed by atoms with Gasteiger partial charge in [-0.15, -0.1) is 0 Å². The molecule has 0 aliphatic heterocycles. The van der Waals surface area contributed by atoms with Crippen molar-refractivity contribution in [2.24, 2.45) is 0 Å². The van der Waals surface area contributed by atoms with Gasteiger partial charge < -0.3 is 4.57 Å². The Morgan fingerprint density at radius 1 is 0.773 bits per heavy atom. The summed E-state index contributed by atoms with van der Waals surface area (Å²) in [4.78, 5) is 0. The van der Waals surface area contributed by atoms with Gasteiger partial charge in [-0.25, -0.2) is 0 Å². The monoisotopic (exact) mass is 285 g/mol. The van der Waals surface area contributed by atoms with Gasteiger partial charge in [0.05, 0.1) is 0 Å². The first-order valence-corrected chi connectivity index (χ1v) is 7.77. The molecule has 1 heterocycles. The van der Waals surface area contributed by atoms with E-state index in [4.69, 9.17) is 0 Å². The first-order chi connectivity index (χ1) is 10.8. The highest BCUT2D eigenvalue weighted by Crippen LogP contribution is 2.32. The van der Waals surface area contributed by atoms with E-state index in [2.05, 4.69) is 85.1 Å². The molecule has 0 aliphatic carbocycles. The standard InChI is InChI=1S/C21H19N/c1-15-16(2)22(14-17-8-4-3-5-9-17)20-13-12-18-10-6-7-11-19(18)21(15)20/h3-13H,14H2,1-2H3. The number of aryl methyl sites for hydroxylation is 1. The van der Waals surface area contributed by atoms with E-state index < -0.39 is 0 Å². The predicted octanol–water partition coefficient (Wildman–Crippen LogP) is 5.46. The molecule has 4 rings (SSSR count). The lowest BCUT2D eigenvalue weighted by Gasteiger charge is -2.09. The fraction of sp³-hybridized carbons (Fsp3) is 0.143. The van der Waals surface area contributed by atoms with Gasteiger partial charge in [0.25, 0.3) is 0 Å². The molecule has 1 nitrogen and oxygen atoms in total. The van der Waals surface area contributed by atoms with E-state index in [0.717, 1.165) is 6.54 Å². The molecule has 0 amide bonds. The zero-order valence-electron chi connectivity index (χ0n) is 13.0. The van der Waals surface area contributed by atoms with Gasteiger partial charge in [0.1, 0.15) is 0 Å². The molecule has 22 heavy (non-hydrogen) atoms. The minimum absolute atomic E-state index is 0.926. The van der Waals surface area contributed by atoms with Crippen LogP contribution in [0.1, 0.15) is 16.8 Å². The van der Waals surface area contributed by atoms with Crippen LogP contribution in [0.25, 0.3) is 21.7 Å². The molecular formula is C21H19N. The first-order valence-electron chi connectivity index (χ1n) is 7.77. The number of benzene rings is 3. The van der Waals surface area contributed by atoms with Crippen LogP contribution in [0.15, 0.2) is 66.7 Å². The van der Waals surface area contributed by atoms with Crippen molar-refractivity contribution in [2.75, 3.05) is 0 Å². The third-order valence-corrected chi connectivity index (χ3v) is 4.70. The van der Waals surface area contributed by atoms with E-state index in [-0.39, 0.29) is 0 Å². The fourth-order valence-corrected chi connectivity index (χ4v) is 3.41. The van der Waals surface area contributed by atoms with E-state index in [1.54, 1.807) is 0 Å². The average Bonchev–Trinajstić information content (AvgIpc) is 2.81. The predicted molar refractivity (Wildman–Crippen MR) is 94.5 cm³/mol. The highest BCUT2D eigenvalue weighted by Gasteiger charge is 2.13. The summed E-state index contributed by atoms with van der Waals surface area (Å²) < 4.78 is 2.44. The second-order valence-corrected chi connectivity index (χ2v) is 5.96. The Bertz CT molecular complexity index is 961. The van der Waals surface area contributed by atoms with Gasteiger partial charge in [0.15, 0.2) is 0 Å². The van der Waals surface area contributed by atoms with Gasteiger partial charge >= 0.3 is 0 Å². The molecule has 0 bridgehead atoms. The van der Waals surface area contributed by atoms with Crippen molar-refractivity contribution in [1.82, 2.24) is 4.57 Å². The van der Waals surface area contributed by atoms with Crippen LogP contribution in [0.5, 0.6) is 0 Å². The van der Waals surface area contributed by atoms with Gasteiger partial charge in [0, 0.05) is 23.1 Å². The molecule has 0 fully saturated rings. The van der Waals surface area contributed by atoms with Crippen LogP contribution in [0, 0.1) is 13.8 Å². The zero-order valence-corrected chi connectivity index (χ0v) is 13.0. The molecule has 0 saturated carbocycles. The lowest BCUT2D eigenvalue weighted by molar-refractivity contribution is 0.801. The Labute approximate surface area is 130 Å². The van der Waals surface area contributed by atoms with Crippen LogP contribution < -0.4 is 0 Å². The van der Waals surface area contributed by atoms with Gasteiger partial charge in [-0.1, -0.05) is 60.7 Å². The average molecular weight is 285 g/mol. The molecule has 108 valence electrons. The molecule has 1 aromatic heterocycles. The van der Waals surface area contributed by atoms with E-state index in [1.807, 2.05) is 0 Å². The SMILES string of the molecule is Cc1c(C)n(Cc2ccccc2)c2ccc3ccccc3c12. The Balaban J connectivity index is 2.00. The number of fused-ring (bicyclic) bond motifs is 3. The van der Waals surface area contributed by atoms with Crippen LogP contribution >= 0.6 is 0 Å². The highest BCUT2D eigenvalue weighted by atomic mass is 15.0. The Morgan fingerprint density at radius 3 is 2.32 bits per heavy atom. The van der Waals surface area contributed by atoms with Gasteiger partial charge in [-0.3, -0.25) is 0 Å². The maximum Gasteiger partial charge on any atom is 0.0494 e. The fourth-order valence-electron chi connectivity index (χ4n) is 3.41. The maximum absolute atomic E-state index is 2.44. The minimum Gasteiger partial charge on any atom is -0.340 e. The Hall–Kier alpha value is -2.54. The molecule has 0 aliphatic rings. The normalized spacial score (nSPS) is 11.4. The summed E-state index contributed by atoms with van der Waals surface area (Å²) in [6, 6.07) is 23.8. The summed E-state index contributed by atoms with van der Waals surface area (Å²) in [5, 5.41) is 4.06. The number of nitrogens with zero attached hydrogens (tertiary/aromatic N) is 1. The first kappa shape index (κ1) is 13.1. The number of rotatable bonds is 2. The molecule has 4 aromatic rings. The quantitative estimate of drug-likeness (QED) is 0.461. The molecule has 0 spiro atoms. The van der Waals surface area contributed by atoms with Crippen LogP contribution in [-0.4, -0.2) is 4.57 Å². The summed E-state index contributed by atoms with van der Waals surface area (Å²) in [6.45, 7) is 5.40. The van der Waals surface area contributed by atoms with E-state index in [1.165, 1.54) is 38.5 Å². The van der Waals surface area contributed by atoms with E-state index in [9.17, 15) is 0 Å². The molecule has 0 unspecified atom stereocenters. The molecule has 0 radical (unpaired) electrons. The second-order valence-electron chi connectivity index (χ2n) is 5.96. The lowest BCUT2D eigenvalue weighted by atomic mass is 10.0. The van der Waals surface area contributed by atoms with Crippen molar-refractivity contribution in [3.8, 4) is 0 Å². The number of aromatic nitrogens is 1. The van der Waals surface area contributed by atoms with Crippen LogP contribution in [0.2, 0.25) is 0 Å². The topological polar surface area (TPSA) is 4.93 Å². The maximum atomic E-state index is 2.44. The van der Waals surface area contributed by atoms with Gasteiger partial charge in [-0.05, 0) is 41.8 Å². The second kappa shape index (κ2) is 5.03. The van der Waals surface area contributed by atoms with Gasteiger partial charge in [-0.2, -0.15) is 0 Å². The molecule has 0 N–H and O–H groups in total. The van der Waals surface area contributed by atoms with Crippen molar-refractivity contribution in [1.29, 1.82) is 0 Å². The molecule has 1 heteroatoms. The van der Waals surface area contributed by atoms with Crippen LogP contribution in [0.3, 0.4) is 0 Å². The largest absolute Gasteiger partial charge is 0.340 e. The Morgan fingerprint density at radius 2 is 1.50 bits per heavy atom. The summed E-state index contributed by atoms with van der Waals surface area (Å²) in [5.74, 6) is 0. The molecule has 3 aromatic carbocycles.